The molecule has 1 unspecified atom stereocenters. The van der Waals surface area contributed by atoms with Crippen LogP contribution in [-0.2, 0) is 6.42 Å². The Labute approximate surface area is 241 Å². The Morgan fingerprint density at radius 1 is 1.05 bits per heavy atom. The number of phenolic OH excluding ortho intramolecular Hbond substituents is 1. The van der Waals surface area contributed by atoms with Gasteiger partial charge in [-0.1, -0.05) is 12.1 Å². The van der Waals surface area contributed by atoms with Gasteiger partial charge in [-0.3, -0.25) is 9.80 Å². The number of piperidine rings is 2. The molecule has 5 rings (SSSR count). The smallest absolute Gasteiger partial charge is 0.257 e. The highest BCUT2D eigenvalue weighted by molar-refractivity contribution is 5.52. The average molecular weight is 578 g/mol. The van der Waals surface area contributed by atoms with Crippen LogP contribution in [0.2, 0.25) is 0 Å². The molecule has 9 heteroatoms. The summed E-state index contributed by atoms with van der Waals surface area (Å²) >= 11 is 0. The Balaban J connectivity index is 0.00000189. The Kier molecular flexibility index (Phi) is 9.71. The van der Waals surface area contributed by atoms with Crippen molar-refractivity contribution in [2.45, 2.75) is 64.0 Å². The molecule has 0 bridgehead atoms. The van der Waals surface area contributed by atoms with E-state index in [1.807, 2.05) is 11.0 Å². The minimum atomic E-state index is -3.04. The summed E-state index contributed by atoms with van der Waals surface area (Å²) in [4.78, 5) is 5.97. The summed E-state index contributed by atoms with van der Waals surface area (Å²) in [6.07, 6.45) is 6.58. The monoisotopic (exact) mass is 577 g/mol. The van der Waals surface area contributed by atoms with Gasteiger partial charge in [0.2, 0.25) is 0 Å². The van der Waals surface area contributed by atoms with Crippen LogP contribution in [0.5, 0.6) is 5.75 Å². The predicted octanol–water partition coefficient (Wildman–Crippen LogP) is 6.14. The average Bonchev–Trinajstić information content (AvgIpc) is 2.91. The topological polar surface area (TPSA) is 50.2 Å². The second-order valence-electron chi connectivity index (χ2n) is 12.0. The van der Waals surface area contributed by atoms with Gasteiger partial charge in [-0.25, -0.2) is 17.6 Å². The van der Waals surface area contributed by atoms with E-state index < -0.39 is 36.2 Å². The van der Waals surface area contributed by atoms with E-state index in [-0.39, 0.29) is 16.7 Å². The number of phenols is 1. The zero-order valence-corrected chi connectivity index (χ0v) is 24.4. The number of hydrogen-bond donors (Lipinski definition) is 2. The summed E-state index contributed by atoms with van der Waals surface area (Å²) in [7, 11) is 1.00. The standard InChI is InChI=1S/C31H39F4N3O.CH4O/c1-4-11-36-12-5-8-31(20-36)9-13-37(14-10-31)23-17-26(32)28(27(33)18-23)29-25-7-6-24(39)16-22(25)15-21(2)38(29)19-30(3,34)35;1-2/h4,6-7,16-18,21,29,39H,1,5,8-15,19-20H2,2-3H3;2H,1H3/t21-,29?;/m1./s1. The quantitative estimate of drug-likeness (QED) is 0.319. The first-order valence-electron chi connectivity index (χ1n) is 14.5. The van der Waals surface area contributed by atoms with Crippen molar-refractivity contribution in [3.05, 3.63) is 71.3 Å². The molecule has 2 aromatic carbocycles. The lowest BCUT2D eigenvalue weighted by Gasteiger charge is -2.48. The highest BCUT2D eigenvalue weighted by Gasteiger charge is 2.42. The molecule has 2 saturated heterocycles. The van der Waals surface area contributed by atoms with Gasteiger partial charge < -0.3 is 15.1 Å². The lowest BCUT2D eigenvalue weighted by Crippen LogP contribution is -2.49. The first-order valence-corrected chi connectivity index (χ1v) is 14.5. The minimum absolute atomic E-state index is 0.0405. The van der Waals surface area contributed by atoms with Gasteiger partial charge in [0.05, 0.1) is 12.6 Å². The van der Waals surface area contributed by atoms with Crippen LogP contribution in [0.1, 0.15) is 62.3 Å². The maximum absolute atomic E-state index is 15.9. The molecule has 2 fully saturated rings. The third-order valence-corrected chi connectivity index (χ3v) is 8.95. The maximum Gasteiger partial charge on any atom is 0.257 e. The van der Waals surface area contributed by atoms with Crippen molar-refractivity contribution in [1.82, 2.24) is 9.80 Å². The largest absolute Gasteiger partial charge is 0.508 e. The third kappa shape index (κ3) is 6.89. The van der Waals surface area contributed by atoms with E-state index >= 15 is 8.78 Å². The van der Waals surface area contributed by atoms with Crippen molar-refractivity contribution in [3.8, 4) is 5.75 Å². The summed E-state index contributed by atoms with van der Waals surface area (Å²) in [6.45, 7) is 10.3. The maximum atomic E-state index is 15.9. The lowest BCUT2D eigenvalue weighted by molar-refractivity contribution is -0.0371. The van der Waals surface area contributed by atoms with Crippen molar-refractivity contribution in [3.63, 3.8) is 0 Å². The molecule has 5 nitrogen and oxygen atoms in total. The summed E-state index contributed by atoms with van der Waals surface area (Å²) in [5.41, 5.74) is 1.76. The molecule has 2 N–H and O–H groups in total. The van der Waals surface area contributed by atoms with E-state index in [1.165, 1.54) is 29.5 Å². The third-order valence-electron chi connectivity index (χ3n) is 8.95. The molecule has 0 aromatic heterocycles. The van der Waals surface area contributed by atoms with E-state index in [1.54, 1.807) is 19.1 Å². The molecule has 3 heterocycles. The van der Waals surface area contributed by atoms with Gasteiger partial charge in [0.15, 0.2) is 0 Å². The van der Waals surface area contributed by atoms with Crippen LogP contribution in [0.15, 0.2) is 43.0 Å². The van der Waals surface area contributed by atoms with Crippen LogP contribution < -0.4 is 4.90 Å². The summed E-state index contributed by atoms with van der Waals surface area (Å²) in [5, 5.41) is 17.0. The molecule has 0 aliphatic carbocycles. The predicted molar refractivity (Wildman–Crippen MR) is 155 cm³/mol. The molecule has 41 heavy (non-hydrogen) atoms. The van der Waals surface area contributed by atoms with Crippen LogP contribution in [0.4, 0.5) is 23.2 Å². The number of alkyl halides is 2. The van der Waals surface area contributed by atoms with Crippen molar-refractivity contribution < 1.29 is 27.8 Å². The Morgan fingerprint density at radius 3 is 2.32 bits per heavy atom. The molecule has 0 saturated carbocycles. The first-order chi connectivity index (χ1) is 19.5. The second-order valence-corrected chi connectivity index (χ2v) is 12.0. The lowest BCUT2D eigenvalue weighted by atomic mass is 9.72. The molecule has 1 spiro atoms. The number of hydrogen-bond acceptors (Lipinski definition) is 5. The fraction of sp³-hybridized carbons (Fsp3) is 0.562. The minimum Gasteiger partial charge on any atom is -0.508 e. The first kappa shape index (κ1) is 31.3. The Bertz CT molecular complexity index is 1190. The number of aliphatic hydroxyl groups is 1. The Hall–Kier alpha value is -2.62. The van der Waals surface area contributed by atoms with Gasteiger partial charge in [0.25, 0.3) is 5.92 Å². The van der Waals surface area contributed by atoms with Crippen molar-refractivity contribution >= 4 is 5.69 Å². The molecule has 226 valence electrons. The number of aliphatic hydroxyl groups excluding tert-OH is 1. The zero-order chi connectivity index (χ0) is 29.9. The van der Waals surface area contributed by atoms with Gasteiger partial charge >= 0.3 is 0 Å². The number of benzene rings is 2. The zero-order valence-electron chi connectivity index (χ0n) is 24.4. The normalized spacial score (nSPS) is 23.1. The van der Waals surface area contributed by atoms with Crippen LogP contribution in [0, 0.1) is 17.0 Å². The number of rotatable bonds is 6. The summed E-state index contributed by atoms with van der Waals surface area (Å²) in [5.74, 6) is -4.47. The molecule has 2 atom stereocenters. The van der Waals surface area contributed by atoms with E-state index in [4.69, 9.17) is 5.11 Å². The number of anilines is 1. The van der Waals surface area contributed by atoms with E-state index in [9.17, 15) is 13.9 Å². The SMILES string of the molecule is C=CCN1CCCC2(CCN(c3cc(F)c(C4c5ccc(O)cc5C[C@@H](C)N4CC(C)(F)F)c(F)c3)CC2)C1.CO. The van der Waals surface area contributed by atoms with Crippen LogP contribution in [0.3, 0.4) is 0 Å². The number of fused-ring (bicyclic) bond motifs is 1. The van der Waals surface area contributed by atoms with Gasteiger partial charge in [0.1, 0.15) is 17.4 Å². The molecule has 3 aliphatic rings. The fourth-order valence-corrected chi connectivity index (χ4v) is 7.10. The number of halogens is 4. The van der Waals surface area contributed by atoms with Crippen LogP contribution in [-0.4, -0.2) is 78.4 Å². The van der Waals surface area contributed by atoms with Crippen molar-refractivity contribution in [1.29, 1.82) is 0 Å². The van der Waals surface area contributed by atoms with E-state index in [0.717, 1.165) is 66.0 Å². The van der Waals surface area contributed by atoms with E-state index in [0.29, 0.717) is 23.2 Å². The number of aromatic hydroxyl groups is 1. The highest BCUT2D eigenvalue weighted by Crippen LogP contribution is 2.44. The molecule has 3 aliphatic heterocycles. The highest BCUT2D eigenvalue weighted by atomic mass is 19.3. The van der Waals surface area contributed by atoms with Gasteiger partial charge in [-0.05, 0) is 86.4 Å². The molecule has 2 aromatic rings. The molecular formula is C32H43F4N3O2. The molecule has 0 radical (unpaired) electrons. The van der Waals surface area contributed by atoms with Crippen LogP contribution >= 0.6 is 0 Å². The van der Waals surface area contributed by atoms with Crippen LogP contribution in [0.25, 0.3) is 0 Å². The summed E-state index contributed by atoms with van der Waals surface area (Å²) < 4.78 is 60.3. The number of nitrogens with zero attached hydrogens (tertiary/aromatic N) is 3. The Morgan fingerprint density at radius 2 is 1.71 bits per heavy atom. The van der Waals surface area contributed by atoms with Gasteiger partial charge in [0, 0.05) is 57.5 Å². The molecular weight excluding hydrogens is 534 g/mol. The van der Waals surface area contributed by atoms with Gasteiger partial charge in [-0.15, -0.1) is 6.58 Å². The second kappa shape index (κ2) is 12.7. The van der Waals surface area contributed by atoms with Gasteiger partial charge in [-0.2, -0.15) is 0 Å². The molecule has 0 amide bonds. The van der Waals surface area contributed by atoms with Crippen molar-refractivity contribution in [2.24, 2.45) is 5.41 Å². The number of likely N-dealkylation sites (tertiary alicyclic amines) is 1. The fourth-order valence-electron chi connectivity index (χ4n) is 7.10. The van der Waals surface area contributed by atoms with E-state index in [2.05, 4.69) is 11.5 Å². The summed E-state index contributed by atoms with van der Waals surface area (Å²) in [6, 6.07) is 5.91. The van der Waals surface area contributed by atoms with Crippen molar-refractivity contribution in [2.75, 3.05) is 51.3 Å².